The summed E-state index contributed by atoms with van der Waals surface area (Å²) in [5, 5.41) is 0. The Kier molecular flexibility index (Phi) is 14.3. The van der Waals surface area contributed by atoms with Crippen molar-refractivity contribution in [2.45, 2.75) is 52.4 Å². The first-order chi connectivity index (χ1) is 12.4. The zero-order valence-electron chi connectivity index (χ0n) is 16.2. The minimum atomic E-state index is -0.811. The van der Waals surface area contributed by atoms with Crippen molar-refractivity contribution in [3.63, 3.8) is 0 Å². The van der Waals surface area contributed by atoms with Gasteiger partial charge in [-0.05, 0) is 12.3 Å². The summed E-state index contributed by atoms with van der Waals surface area (Å²) in [6.07, 6.45) is 4.44. The van der Waals surface area contributed by atoms with Gasteiger partial charge in [0.2, 0.25) is 0 Å². The Morgan fingerprint density at radius 1 is 0.962 bits per heavy atom. The summed E-state index contributed by atoms with van der Waals surface area (Å²) < 4.78 is 19.6. The van der Waals surface area contributed by atoms with Crippen LogP contribution in [0.15, 0.2) is 12.2 Å². The van der Waals surface area contributed by atoms with E-state index in [1.165, 1.54) is 0 Å². The highest BCUT2D eigenvalue weighted by molar-refractivity contribution is 5.94. The fourth-order valence-corrected chi connectivity index (χ4v) is 2.06. The molecule has 150 valence electrons. The smallest absolute Gasteiger partial charge is 0.344 e. The number of esters is 3. The number of rotatable bonds is 15. The fraction of sp³-hybridized carbons (Fsp3) is 0.737. The maximum Gasteiger partial charge on any atom is 0.344 e. The van der Waals surface area contributed by atoms with E-state index in [2.05, 4.69) is 20.4 Å². The largest absolute Gasteiger partial charge is 0.465 e. The van der Waals surface area contributed by atoms with Crippen molar-refractivity contribution < 1.29 is 33.3 Å². The van der Waals surface area contributed by atoms with Crippen LogP contribution in [0.1, 0.15) is 52.4 Å². The summed E-state index contributed by atoms with van der Waals surface area (Å²) in [6.45, 7) is 8.16. The molecule has 0 spiro atoms. The van der Waals surface area contributed by atoms with E-state index in [-0.39, 0.29) is 18.6 Å². The second-order valence-electron chi connectivity index (χ2n) is 6.02. The lowest BCUT2D eigenvalue weighted by molar-refractivity contribution is -0.157. The summed E-state index contributed by atoms with van der Waals surface area (Å²) in [6, 6.07) is 0. The van der Waals surface area contributed by atoms with Gasteiger partial charge in [-0.2, -0.15) is 0 Å². The summed E-state index contributed by atoms with van der Waals surface area (Å²) >= 11 is 0. The van der Waals surface area contributed by atoms with Crippen LogP contribution in [0.2, 0.25) is 0 Å². The third kappa shape index (κ3) is 12.5. The van der Waals surface area contributed by atoms with Gasteiger partial charge in [0.25, 0.3) is 0 Å². The van der Waals surface area contributed by atoms with Gasteiger partial charge in [-0.15, -0.1) is 0 Å². The molecule has 0 heterocycles. The minimum Gasteiger partial charge on any atom is -0.465 e. The molecule has 0 aromatic heterocycles. The monoisotopic (exact) mass is 372 g/mol. The van der Waals surface area contributed by atoms with Crippen LogP contribution in [-0.2, 0) is 33.3 Å². The molecule has 0 aromatic rings. The molecule has 0 fully saturated rings. The topological polar surface area (TPSA) is 88.1 Å². The molecule has 26 heavy (non-hydrogen) atoms. The lowest BCUT2D eigenvalue weighted by Crippen LogP contribution is -2.20. The molecule has 0 aliphatic heterocycles. The van der Waals surface area contributed by atoms with Crippen LogP contribution < -0.4 is 0 Å². The third-order valence-corrected chi connectivity index (χ3v) is 3.75. The van der Waals surface area contributed by atoms with Gasteiger partial charge in [-0.1, -0.05) is 39.7 Å². The molecule has 0 saturated heterocycles. The lowest BCUT2D eigenvalue weighted by atomic mass is 10.0. The van der Waals surface area contributed by atoms with Gasteiger partial charge < -0.3 is 18.9 Å². The quantitative estimate of drug-likeness (QED) is 0.189. The van der Waals surface area contributed by atoms with Crippen LogP contribution in [0, 0.1) is 5.92 Å². The standard InChI is InChI=1S/C19H32O7/c1-5-7-9-16(6-2)13-25-17(20)12-15(3)19(22)26-14-18(21)24-11-8-10-23-4/h16H,3,5-14H2,1-2,4H3. The van der Waals surface area contributed by atoms with Crippen LogP contribution in [0.5, 0.6) is 0 Å². The number of carbonyl (C=O) groups is 3. The van der Waals surface area contributed by atoms with Gasteiger partial charge in [-0.25, -0.2) is 9.59 Å². The second-order valence-corrected chi connectivity index (χ2v) is 6.02. The van der Waals surface area contributed by atoms with E-state index in [0.29, 0.717) is 25.6 Å². The van der Waals surface area contributed by atoms with E-state index in [1.54, 1.807) is 7.11 Å². The van der Waals surface area contributed by atoms with Crippen molar-refractivity contribution >= 4 is 17.9 Å². The number of hydrogen-bond donors (Lipinski definition) is 0. The van der Waals surface area contributed by atoms with Crippen molar-refractivity contribution in [1.29, 1.82) is 0 Å². The molecule has 1 atom stereocenters. The normalized spacial score (nSPS) is 11.5. The van der Waals surface area contributed by atoms with Crippen LogP contribution in [-0.4, -0.2) is 51.4 Å². The Balaban J connectivity index is 4.00. The van der Waals surface area contributed by atoms with E-state index in [0.717, 1.165) is 25.7 Å². The molecular weight excluding hydrogens is 340 g/mol. The number of hydrogen-bond acceptors (Lipinski definition) is 7. The Morgan fingerprint density at radius 2 is 1.69 bits per heavy atom. The summed E-state index contributed by atoms with van der Waals surface area (Å²) in [5.41, 5.74) is -0.0520. The maximum atomic E-state index is 11.8. The molecule has 7 nitrogen and oxygen atoms in total. The van der Waals surface area contributed by atoms with E-state index >= 15 is 0 Å². The van der Waals surface area contributed by atoms with E-state index in [9.17, 15) is 14.4 Å². The van der Waals surface area contributed by atoms with Gasteiger partial charge in [0.1, 0.15) is 0 Å². The van der Waals surface area contributed by atoms with Crippen LogP contribution in [0.4, 0.5) is 0 Å². The molecule has 0 aromatic carbocycles. The molecule has 1 unspecified atom stereocenters. The molecule has 0 saturated carbocycles. The van der Waals surface area contributed by atoms with Crippen molar-refractivity contribution in [1.82, 2.24) is 0 Å². The predicted molar refractivity (Wildman–Crippen MR) is 96.4 cm³/mol. The number of methoxy groups -OCH3 is 1. The lowest BCUT2D eigenvalue weighted by Gasteiger charge is -2.14. The predicted octanol–water partition coefficient (Wildman–Crippen LogP) is 2.82. The maximum absolute atomic E-state index is 11.8. The molecule has 0 rings (SSSR count). The zero-order chi connectivity index (χ0) is 19.8. The number of ether oxygens (including phenoxy) is 4. The average Bonchev–Trinajstić information content (AvgIpc) is 2.63. The van der Waals surface area contributed by atoms with Gasteiger partial charge in [0.15, 0.2) is 6.61 Å². The molecule has 0 amide bonds. The van der Waals surface area contributed by atoms with Gasteiger partial charge in [-0.3, -0.25) is 4.79 Å². The number of unbranched alkanes of at least 4 members (excludes halogenated alkanes) is 1. The first-order valence-corrected chi connectivity index (χ1v) is 9.09. The van der Waals surface area contributed by atoms with Gasteiger partial charge in [0.05, 0.1) is 19.6 Å². The average molecular weight is 372 g/mol. The summed E-state index contributed by atoms with van der Waals surface area (Å²) in [4.78, 5) is 34.9. The molecule has 0 aliphatic carbocycles. The Bertz CT molecular complexity index is 445. The van der Waals surface area contributed by atoms with Gasteiger partial charge in [0, 0.05) is 25.7 Å². The van der Waals surface area contributed by atoms with Crippen molar-refractivity contribution in [3.8, 4) is 0 Å². The van der Waals surface area contributed by atoms with E-state index < -0.39 is 24.5 Å². The molecular formula is C19H32O7. The Morgan fingerprint density at radius 3 is 2.31 bits per heavy atom. The summed E-state index contributed by atoms with van der Waals surface area (Å²) in [7, 11) is 1.55. The van der Waals surface area contributed by atoms with Crippen LogP contribution >= 0.6 is 0 Å². The second kappa shape index (κ2) is 15.4. The van der Waals surface area contributed by atoms with Crippen molar-refractivity contribution in [3.05, 3.63) is 12.2 Å². The van der Waals surface area contributed by atoms with Crippen LogP contribution in [0.25, 0.3) is 0 Å². The van der Waals surface area contributed by atoms with Gasteiger partial charge >= 0.3 is 17.9 Å². The molecule has 7 heteroatoms. The Hall–Kier alpha value is -1.89. The third-order valence-electron chi connectivity index (χ3n) is 3.75. The van der Waals surface area contributed by atoms with E-state index in [4.69, 9.17) is 18.9 Å². The first kappa shape index (κ1) is 24.1. The number of carbonyl (C=O) groups excluding carboxylic acids is 3. The molecule has 0 aliphatic rings. The SMILES string of the molecule is C=C(CC(=O)OCC(CC)CCCC)C(=O)OCC(=O)OCCCOC. The highest BCUT2D eigenvalue weighted by atomic mass is 16.6. The van der Waals surface area contributed by atoms with Crippen molar-refractivity contribution in [2.24, 2.45) is 5.92 Å². The minimum absolute atomic E-state index is 0.0520. The van der Waals surface area contributed by atoms with E-state index in [1.807, 2.05) is 0 Å². The fourth-order valence-electron chi connectivity index (χ4n) is 2.06. The Labute approximate surface area is 156 Å². The van der Waals surface area contributed by atoms with Crippen molar-refractivity contribution in [2.75, 3.05) is 33.5 Å². The highest BCUT2D eigenvalue weighted by Gasteiger charge is 2.17. The van der Waals surface area contributed by atoms with Crippen LogP contribution in [0.3, 0.4) is 0 Å². The zero-order valence-corrected chi connectivity index (χ0v) is 16.2. The molecule has 0 N–H and O–H groups in total. The first-order valence-electron chi connectivity index (χ1n) is 9.09. The molecule has 0 radical (unpaired) electrons. The molecule has 0 bridgehead atoms. The summed E-state index contributed by atoms with van der Waals surface area (Å²) in [5.74, 6) is -1.67. The highest BCUT2D eigenvalue weighted by Crippen LogP contribution is 2.14.